The van der Waals surface area contributed by atoms with Gasteiger partial charge in [-0.3, -0.25) is 5.32 Å². The molecule has 290 valence electrons. The van der Waals surface area contributed by atoms with Crippen LogP contribution in [0.3, 0.4) is 0 Å². The zero-order chi connectivity index (χ0) is 36.2. The van der Waals surface area contributed by atoms with E-state index in [2.05, 4.69) is 39.1 Å². The first-order valence-electron chi connectivity index (χ1n) is 20.0. The molecule has 0 bridgehead atoms. The Kier molecular flexibility index (Phi) is 9.83. The maximum Gasteiger partial charge on any atom is 0.187 e. The SMILES string of the molecule is C[C@@H]1CC[C@]2(NC1)O[C@H]1C[C@H]3[C@@H]4CC=C5C[C@@H](O[C@@H]6O[C@H](CO)[C@@H](O[C@@H]7O[C@@H](C)[C@H](O)[C@@H](O)[C@H]7O)[C@H](O)[C@H]6O)CC[C@]5(C)[C@H]4CC[C@]3(C)[C@H]1[C@@H]2C. The van der Waals surface area contributed by atoms with Gasteiger partial charge in [-0.05, 0) is 105 Å². The molecule has 7 N–H and O–H groups in total. The summed E-state index contributed by atoms with van der Waals surface area (Å²) in [6.45, 7) is 11.9. The van der Waals surface area contributed by atoms with E-state index < -0.39 is 68.0 Å². The zero-order valence-electron chi connectivity index (χ0n) is 31.0. The Morgan fingerprint density at radius 2 is 1.59 bits per heavy atom. The van der Waals surface area contributed by atoms with Crippen LogP contribution in [-0.4, -0.2) is 123 Å². The minimum absolute atomic E-state index is 0.0881. The summed E-state index contributed by atoms with van der Waals surface area (Å²) in [5.41, 5.74) is 1.66. The van der Waals surface area contributed by atoms with Gasteiger partial charge in [0.15, 0.2) is 12.6 Å². The molecule has 0 aromatic carbocycles. The highest BCUT2D eigenvalue weighted by Gasteiger charge is 2.68. The van der Waals surface area contributed by atoms with Crippen molar-refractivity contribution in [3.05, 3.63) is 11.6 Å². The quantitative estimate of drug-likeness (QED) is 0.206. The Morgan fingerprint density at radius 3 is 2.31 bits per heavy atom. The molecule has 51 heavy (non-hydrogen) atoms. The third kappa shape index (κ3) is 5.84. The van der Waals surface area contributed by atoms with Crippen molar-refractivity contribution < 1.29 is 54.3 Å². The summed E-state index contributed by atoms with van der Waals surface area (Å²) in [6, 6.07) is 0. The first-order chi connectivity index (χ1) is 24.2. The van der Waals surface area contributed by atoms with Gasteiger partial charge in [0, 0.05) is 12.5 Å². The Morgan fingerprint density at radius 1 is 0.843 bits per heavy atom. The van der Waals surface area contributed by atoms with Gasteiger partial charge < -0.3 is 54.3 Å². The highest BCUT2D eigenvalue weighted by atomic mass is 16.7. The summed E-state index contributed by atoms with van der Waals surface area (Å²) in [4.78, 5) is 0. The van der Waals surface area contributed by atoms with Crippen LogP contribution in [0.15, 0.2) is 11.6 Å². The first kappa shape index (κ1) is 37.2. The van der Waals surface area contributed by atoms with Crippen LogP contribution in [0.5, 0.6) is 0 Å². The fourth-order valence-corrected chi connectivity index (χ4v) is 12.7. The third-order valence-electron chi connectivity index (χ3n) is 15.8. The maximum atomic E-state index is 11.1. The third-order valence-corrected chi connectivity index (χ3v) is 15.8. The molecule has 4 aliphatic heterocycles. The summed E-state index contributed by atoms with van der Waals surface area (Å²) >= 11 is 0. The second-order valence-corrected chi connectivity index (χ2v) is 18.4. The molecule has 0 aromatic heterocycles. The second-order valence-electron chi connectivity index (χ2n) is 18.4. The van der Waals surface area contributed by atoms with E-state index in [-0.39, 0.29) is 17.2 Å². The van der Waals surface area contributed by atoms with Crippen LogP contribution in [0.1, 0.15) is 92.4 Å². The number of aliphatic hydroxyl groups excluding tert-OH is 6. The topological polar surface area (TPSA) is 180 Å². The molecule has 4 aliphatic carbocycles. The maximum absolute atomic E-state index is 11.1. The molecule has 8 rings (SSSR count). The standard InChI is InChI=1S/C39H63NO11/c1-18-8-13-39(40-16-18)19(2)28-26(51-39)15-25-23-7-6-21-14-22(9-11-37(21,4)24(23)10-12-38(25,28)5)48-36-33(46)31(44)34(27(17-41)49-36)50-35-32(45)30(43)29(42)20(3)47-35/h6,18-20,22-36,40-46H,7-17H2,1-5H3/t18-,19+,20+,22+,23-,24+,25+,26+,27-,28+,29+,30-,31-,32-,33-,34-,35+,36-,37+,38+,39+/m1/s1. The summed E-state index contributed by atoms with van der Waals surface area (Å²) in [5.74, 6) is 3.74. The number of aliphatic hydroxyl groups is 6. The van der Waals surface area contributed by atoms with E-state index in [0.29, 0.717) is 47.0 Å². The van der Waals surface area contributed by atoms with E-state index in [1.54, 1.807) is 0 Å². The lowest BCUT2D eigenvalue weighted by atomic mass is 9.47. The number of allylic oxidation sites excluding steroid dienone is 1. The molecule has 0 radical (unpaired) electrons. The first-order valence-corrected chi connectivity index (χ1v) is 20.0. The van der Waals surface area contributed by atoms with Gasteiger partial charge in [-0.15, -0.1) is 0 Å². The van der Waals surface area contributed by atoms with Gasteiger partial charge in [-0.1, -0.05) is 39.3 Å². The van der Waals surface area contributed by atoms with E-state index in [1.165, 1.54) is 38.2 Å². The largest absolute Gasteiger partial charge is 0.394 e. The molecule has 0 amide bonds. The molecule has 4 heterocycles. The number of piperidine rings is 1. The molecular weight excluding hydrogens is 658 g/mol. The van der Waals surface area contributed by atoms with Crippen molar-refractivity contribution in [2.45, 2.75) is 172 Å². The molecule has 8 aliphatic rings. The van der Waals surface area contributed by atoms with E-state index in [1.807, 2.05) is 0 Å². The number of nitrogens with one attached hydrogen (secondary N) is 1. The summed E-state index contributed by atoms with van der Waals surface area (Å²) < 4.78 is 30.7. The van der Waals surface area contributed by atoms with Crippen molar-refractivity contribution in [2.75, 3.05) is 13.2 Å². The number of hydrogen-bond donors (Lipinski definition) is 7. The minimum atomic E-state index is -1.60. The predicted octanol–water partition coefficient (Wildman–Crippen LogP) is 1.96. The molecular formula is C39H63NO11. The van der Waals surface area contributed by atoms with Crippen LogP contribution in [0, 0.1) is 46.3 Å². The number of rotatable bonds is 5. The Hall–Kier alpha value is -0.740. The lowest BCUT2D eigenvalue weighted by Gasteiger charge is -2.59. The summed E-state index contributed by atoms with van der Waals surface area (Å²) in [7, 11) is 0. The van der Waals surface area contributed by atoms with Gasteiger partial charge in [0.25, 0.3) is 0 Å². The number of ether oxygens (including phenoxy) is 5. The van der Waals surface area contributed by atoms with E-state index in [0.717, 1.165) is 38.6 Å². The van der Waals surface area contributed by atoms with Gasteiger partial charge >= 0.3 is 0 Å². The van der Waals surface area contributed by atoms with Crippen molar-refractivity contribution in [3.8, 4) is 0 Å². The van der Waals surface area contributed by atoms with Gasteiger partial charge in [-0.25, -0.2) is 0 Å². The lowest BCUT2D eigenvalue weighted by molar-refractivity contribution is -0.360. The normalized spacial score (nSPS) is 58.4. The second kappa shape index (κ2) is 13.5. The predicted molar refractivity (Wildman–Crippen MR) is 184 cm³/mol. The molecule has 21 atom stereocenters. The highest BCUT2D eigenvalue weighted by molar-refractivity contribution is 5.26. The molecule has 0 unspecified atom stereocenters. The fraction of sp³-hybridized carbons (Fsp3) is 0.949. The van der Waals surface area contributed by atoms with Crippen molar-refractivity contribution >= 4 is 0 Å². The summed E-state index contributed by atoms with van der Waals surface area (Å²) in [5, 5.41) is 67.0. The average molecular weight is 722 g/mol. The van der Waals surface area contributed by atoms with Gasteiger partial charge in [0.1, 0.15) is 48.5 Å². The van der Waals surface area contributed by atoms with Crippen LogP contribution in [0.4, 0.5) is 0 Å². The van der Waals surface area contributed by atoms with E-state index >= 15 is 0 Å². The molecule has 4 saturated heterocycles. The Balaban J connectivity index is 0.915. The van der Waals surface area contributed by atoms with Crippen LogP contribution < -0.4 is 5.32 Å². The van der Waals surface area contributed by atoms with Crippen LogP contribution in [0.25, 0.3) is 0 Å². The molecule has 1 spiro atoms. The van der Waals surface area contributed by atoms with Gasteiger partial charge in [0.05, 0.1) is 24.9 Å². The monoisotopic (exact) mass is 721 g/mol. The van der Waals surface area contributed by atoms with Gasteiger partial charge in [-0.2, -0.15) is 0 Å². The molecule has 0 aromatic rings. The fourth-order valence-electron chi connectivity index (χ4n) is 12.7. The Bertz CT molecular complexity index is 1310. The Labute approximate surface area is 302 Å². The van der Waals surface area contributed by atoms with Crippen molar-refractivity contribution in [1.82, 2.24) is 5.32 Å². The number of hydrogen-bond acceptors (Lipinski definition) is 12. The lowest BCUT2D eigenvalue weighted by Crippen LogP contribution is -2.64. The highest BCUT2D eigenvalue weighted by Crippen LogP contribution is 2.70. The smallest absolute Gasteiger partial charge is 0.187 e. The molecule has 12 heteroatoms. The van der Waals surface area contributed by atoms with E-state index in [9.17, 15) is 30.6 Å². The summed E-state index contributed by atoms with van der Waals surface area (Å²) in [6.07, 6.45) is -1.11. The van der Waals surface area contributed by atoms with Crippen molar-refractivity contribution in [3.63, 3.8) is 0 Å². The molecule has 3 saturated carbocycles. The van der Waals surface area contributed by atoms with E-state index in [4.69, 9.17) is 23.7 Å². The zero-order valence-corrected chi connectivity index (χ0v) is 31.0. The minimum Gasteiger partial charge on any atom is -0.394 e. The van der Waals surface area contributed by atoms with Crippen molar-refractivity contribution in [1.29, 1.82) is 0 Å². The van der Waals surface area contributed by atoms with Gasteiger partial charge in [0.2, 0.25) is 0 Å². The molecule has 7 fully saturated rings. The van der Waals surface area contributed by atoms with Crippen molar-refractivity contribution in [2.24, 2.45) is 46.3 Å². The number of fused-ring (bicyclic) bond motifs is 7. The molecule has 12 nitrogen and oxygen atoms in total. The van der Waals surface area contributed by atoms with Crippen LogP contribution in [0.2, 0.25) is 0 Å². The van der Waals surface area contributed by atoms with Crippen LogP contribution >= 0.6 is 0 Å². The van der Waals surface area contributed by atoms with Crippen LogP contribution in [-0.2, 0) is 23.7 Å². The average Bonchev–Trinajstić information content (AvgIpc) is 3.56.